The van der Waals surface area contributed by atoms with Gasteiger partial charge in [0.2, 0.25) is 0 Å². The number of hydrogen-bond donors (Lipinski definition) is 2. The monoisotopic (exact) mass is 336 g/mol. The molecule has 0 aliphatic rings. The molecule has 0 heterocycles. The summed E-state index contributed by atoms with van der Waals surface area (Å²) >= 11 is 0. The van der Waals surface area contributed by atoms with Gasteiger partial charge in [-0.05, 0) is 41.5 Å². The van der Waals surface area contributed by atoms with Gasteiger partial charge in [-0.3, -0.25) is 14.9 Å². The van der Waals surface area contributed by atoms with E-state index in [0.29, 0.717) is 11.1 Å². The molecule has 0 radical (unpaired) electrons. The number of hydrogen-bond acceptors (Lipinski definition) is 6. The first-order valence-corrected chi connectivity index (χ1v) is 6.98. The van der Waals surface area contributed by atoms with Crippen LogP contribution in [-0.4, -0.2) is 22.2 Å². The number of nitrogens with zero attached hydrogens (tertiary/aromatic N) is 3. The van der Waals surface area contributed by atoms with Crippen LogP contribution in [0.4, 0.5) is 5.69 Å². The molecule has 0 saturated carbocycles. The number of hydrazone groups is 1. The number of carbonyl (C=O) groups excluding carboxylic acids is 1. The van der Waals surface area contributed by atoms with Crippen LogP contribution >= 0.6 is 0 Å². The van der Waals surface area contributed by atoms with Crippen LogP contribution in [-0.2, 0) is 4.79 Å². The molecule has 0 bridgehead atoms. The average Bonchev–Trinajstić information content (AvgIpc) is 2.61. The molecule has 0 aliphatic carbocycles. The first-order chi connectivity index (χ1) is 12.0. The van der Waals surface area contributed by atoms with Gasteiger partial charge in [0.25, 0.3) is 11.6 Å². The lowest BCUT2D eigenvalue weighted by molar-refractivity contribution is -0.384. The van der Waals surface area contributed by atoms with E-state index in [1.807, 2.05) is 0 Å². The minimum Gasteiger partial charge on any atom is -0.508 e. The molecule has 2 aromatic rings. The van der Waals surface area contributed by atoms with E-state index in [4.69, 9.17) is 10.4 Å². The van der Waals surface area contributed by atoms with E-state index >= 15 is 0 Å². The summed E-state index contributed by atoms with van der Waals surface area (Å²) in [6, 6.07) is 13.4. The summed E-state index contributed by atoms with van der Waals surface area (Å²) in [5.74, 6) is -0.642. The predicted molar refractivity (Wildman–Crippen MR) is 90.5 cm³/mol. The summed E-state index contributed by atoms with van der Waals surface area (Å²) in [4.78, 5) is 22.1. The van der Waals surface area contributed by atoms with Gasteiger partial charge in [-0.1, -0.05) is 12.1 Å². The molecule has 0 unspecified atom stereocenters. The minimum atomic E-state index is -0.746. The molecule has 25 heavy (non-hydrogen) atoms. The van der Waals surface area contributed by atoms with Gasteiger partial charge in [-0.25, -0.2) is 5.43 Å². The number of nitriles is 1. The third-order valence-corrected chi connectivity index (χ3v) is 3.03. The fraction of sp³-hybridized carbons (Fsp3) is 0. The van der Waals surface area contributed by atoms with Gasteiger partial charge < -0.3 is 5.11 Å². The Hall–Kier alpha value is -3.99. The van der Waals surface area contributed by atoms with Crippen LogP contribution in [0, 0.1) is 21.4 Å². The molecule has 8 nitrogen and oxygen atoms in total. The van der Waals surface area contributed by atoms with Crippen LogP contribution in [0.5, 0.6) is 5.75 Å². The first-order valence-electron chi connectivity index (χ1n) is 6.98. The number of amides is 1. The van der Waals surface area contributed by atoms with Crippen molar-refractivity contribution < 1.29 is 14.8 Å². The summed E-state index contributed by atoms with van der Waals surface area (Å²) in [5.41, 5.74) is 2.80. The van der Waals surface area contributed by atoms with Gasteiger partial charge in [0.05, 0.1) is 11.1 Å². The normalized spacial score (nSPS) is 11.1. The molecule has 0 aromatic heterocycles. The fourth-order valence-corrected chi connectivity index (χ4v) is 1.83. The predicted octanol–water partition coefficient (Wildman–Crippen LogP) is 2.36. The zero-order valence-electron chi connectivity index (χ0n) is 12.8. The number of nitro groups is 1. The smallest absolute Gasteiger partial charge is 0.282 e. The molecule has 124 valence electrons. The average molecular weight is 336 g/mol. The lowest BCUT2D eigenvalue weighted by Crippen LogP contribution is -2.19. The highest BCUT2D eigenvalue weighted by Gasteiger charge is 2.10. The van der Waals surface area contributed by atoms with E-state index in [-0.39, 0.29) is 17.0 Å². The third-order valence-electron chi connectivity index (χ3n) is 3.03. The number of carbonyl (C=O) groups is 1. The molecule has 2 aromatic carbocycles. The lowest BCUT2D eigenvalue weighted by Gasteiger charge is -1.99. The van der Waals surface area contributed by atoms with Gasteiger partial charge >= 0.3 is 0 Å². The summed E-state index contributed by atoms with van der Waals surface area (Å²) in [6.45, 7) is 0. The van der Waals surface area contributed by atoms with Crippen molar-refractivity contribution in [3.8, 4) is 11.8 Å². The lowest BCUT2D eigenvalue weighted by atomic mass is 10.1. The van der Waals surface area contributed by atoms with Crippen molar-refractivity contribution in [2.45, 2.75) is 0 Å². The molecule has 8 heteroatoms. The first kappa shape index (κ1) is 17.4. The Morgan fingerprint density at radius 3 is 2.60 bits per heavy atom. The minimum absolute atomic E-state index is 0.104. The molecular formula is C17H12N4O4. The SMILES string of the molecule is N#CC(=Cc1cccc([N+](=O)[O-])c1)C(=O)NN=Cc1ccc(O)cc1. The number of nitrogens with one attached hydrogen (secondary N) is 1. The Labute approximate surface area is 142 Å². The zero-order chi connectivity index (χ0) is 18.2. The van der Waals surface area contributed by atoms with Crippen LogP contribution in [0.25, 0.3) is 6.08 Å². The summed E-state index contributed by atoms with van der Waals surface area (Å²) in [7, 11) is 0. The number of nitro benzene ring substituents is 1. The second-order valence-electron chi connectivity index (χ2n) is 4.81. The van der Waals surface area contributed by atoms with Crippen LogP contribution in [0.2, 0.25) is 0 Å². The largest absolute Gasteiger partial charge is 0.508 e. The van der Waals surface area contributed by atoms with Crippen LogP contribution in [0.1, 0.15) is 11.1 Å². The van der Waals surface area contributed by atoms with E-state index in [1.165, 1.54) is 48.7 Å². The second kappa shape index (κ2) is 8.03. The Kier molecular flexibility index (Phi) is 5.58. The highest BCUT2D eigenvalue weighted by molar-refractivity contribution is 6.02. The van der Waals surface area contributed by atoms with E-state index in [9.17, 15) is 14.9 Å². The van der Waals surface area contributed by atoms with E-state index < -0.39 is 10.8 Å². The van der Waals surface area contributed by atoms with Crippen LogP contribution in [0.3, 0.4) is 0 Å². The number of phenolic OH excluding ortho intramolecular Hbond substituents is 1. The Morgan fingerprint density at radius 2 is 1.96 bits per heavy atom. The number of rotatable bonds is 5. The molecule has 0 aliphatic heterocycles. The van der Waals surface area contributed by atoms with Crippen LogP contribution in [0.15, 0.2) is 59.2 Å². The maximum Gasteiger partial charge on any atom is 0.282 e. The quantitative estimate of drug-likeness (QED) is 0.285. The number of non-ortho nitro benzene ring substituents is 1. The summed E-state index contributed by atoms with van der Waals surface area (Å²) in [6.07, 6.45) is 2.58. The van der Waals surface area contributed by atoms with Crippen LogP contribution < -0.4 is 5.43 Å². The van der Waals surface area contributed by atoms with E-state index in [2.05, 4.69) is 10.5 Å². The van der Waals surface area contributed by atoms with Gasteiger partial charge in [0, 0.05) is 12.1 Å². The van der Waals surface area contributed by atoms with Crippen molar-refractivity contribution >= 4 is 23.9 Å². The number of aromatic hydroxyl groups is 1. The van der Waals surface area contributed by atoms with E-state index in [1.54, 1.807) is 18.2 Å². The molecular weight excluding hydrogens is 324 g/mol. The molecule has 2 rings (SSSR count). The molecule has 0 spiro atoms. The van der Waals surface area contributed by atoms with Crippen molar-refractivity contribution in [2.75, 3.05) is 0 Å². The second-order valence-corrected chi connectivity index (χ2v) is 4.81. The zero-order valence-corrected chi connectivity index (χ0v) is 12.8. The molecule has 0 fully saturated rings. The topological polar surface area (TPSA) is 129 Å². The van der Waals surface area contributed by atoms with Crippen molar-refractivity contribution in [1.29, 1.82) is 5.26 Å². The van der Waals surface area contributed by atoms with E-state index in [0.717, 1.165) is 0 Å². The molecule has 0 saturated heterocycles. The Balaban J connectivity index is 2.10. The van der Waals surface area contributed by atoms with Crippen molar-refractivity contribution in [3.05, 3.63) is 75.3 Å². The standard InChI is InChI=1S/C17H12N4O4/c18-10-14(8-13-2-1-3-15(9-13)21(24)25)17(23)20-19-11-12-4-6-16(22)7-5-12/h1-9,11,22H,(H,20,23). The maximum absolute atomic E-state index is 12.0. The third kappa shape index (κ3) is 5.01. The van der Waals surface area contributed by atoms with Crippen molar-refractivity contribution in [2.24, 2.45) is 5.10 Å². The van der Waals surface area contributed by atoms with Gasteiger partial charge in [-0.15, -0.1) is 0 Å². The Morgan fingerprint density at radius 1 is 1.24 bits per heavy atom. The number of phenols is 1. The summed E-state index contributed by atoms with van der Waals surface area (Å²) < 4.78 is 0. The molecule has 0 atom stereocenters. The van der Waals surface area contributed by atoms with Gasteiger partial charge in [0.1, 0.15) is 17.4 Å². The highest BCUT2D eigenvalue weighted by atomic mass is 16.6. The number of benzene rings is 2. The maximum atomic E-state index is 12.0. The van der Waals surface area contributed by atoms with Gasteiger partial charge in [0.15, 0.2) is 0 Å². The molecule has 1 amide bonds. The summed E-state index contributed by atoms with van der Waals surface area (Å²) in [5, 5.41) is 32.7. The molecule has 2 N–H and O–H groups in total. The van der Waals surface area contributed by atoms with Crippen molar-refractivity contribution in [1.82, 2.24) is 5.43 Å². The fourth-order valence-electron chi connectivity index (χ4n) is 1.83. The highest BCUT2D eigenvalue weighted by Crippen LogP contribution is 2.15. The van der Waals surface area contributed by atoms with Gasteiger partial charge in [-0.2, -0.15) is 10.4 Å². The van der Waals surface area contributed by atoms with Crippen molar-refractivity contribution in [3.63, 3.8) is 0 Å². The Bertz CT molecular complexity index is 896.